The summed E-state index contributed by atoms with van der Waals surface area (Å²) in [5.74, 6) is -1.48. The van der Waals surface area contributed by atoms with Crippen molar-refractivity contribution >= 4 is 5.97 Å². The Kier molecular flexibility index (Phi) is 4.99. The lowest BCUT2D eigenvalue weighted by molar-refractivity contribution is -0.138. The molecule has 2 aromatic rings. The number of aliphatic carboxylic acids is 1. The number of carboxylic acid groups (broad SMARTS) is 1. The summed E-state index contributed by atoms with van der Waals surface area (Å²) in [6, 6.07) is 11.0. The van der Waals surface area contributed by atoms with E-state index in [2.05, 4.69) is 0 Å². The quantitative estimate of drug-likeness (QED) is 0.890. The average Bonchev–Trinajstić information content (AvgIpc) is 2.53. The summed E-state index contributed by atoms with van der Waals surface area (Å²) in [4.78, 5) is 11.6. The number of benzene rings is 2. The molecule has 0 amide bonds. The van der Waals surface area contributed by atoms with Crippen molar-refractivity contribution in [2.24, 2.45) is 0 Å². The number of rotatable bonds is 6. The molecule has 0 aromatic heterocycles. The zero-order chi connectivity index (χ0) is 16.1. The molecule has 5 heteroatoms. The fourth-order valence-electron chi connectivity index (χ4n) is 2.35. The molecular formula is C17H17FO4. The van der Waals surface area contributed by atoms with Gasteiger partial charge in [-0.15, -0.1) is 0 Å². The summed E-state index contributed by atoms with van der Waals surface area (Å²) in [7, 11) is 3.03. The molecule has 1 atom stereocenters. The topological polar surface area (TPSA) is 55.8 Å². The molecule has 0 aliphatic heterocycles. The van der Waals surface area contributed by atoms with E-state index in [0.717, 1.165) is 0 Å². The van der Waals surface area contributed by atoms with E-state index in [0.29, 0.717) is 17.1 Å². The number of hydrogen-bond acceptors (Lipinski definition) is 3. The molecule has 0 saturated carbocycles. The van der Waals surface area contributed by atoms with E-state index < -0.39 is 17.7 Å². The van der Waals surface area contributed by atoms with Crippen LogP contribution in [0, 0.1) is 5.82 Å². The highest BCUT2D eigenvalue weighted by molar-refractivity contribution is 5.76. The smallest absolute Gasteiger partial charge is 0.311 e. The normalized spacial score (nSPS) is 11.8. The Labute approximate surface area is 128 Å². The van der Waals surface area contributed by atoms with Crippen LogP contribution in [0.15, 0.2) is 42.5 Å². The summed E-state index contributed by atoms with van der Waals surface area (Å²) >= 11 is 0. The summed E-state index contributed by atoms with van der Waals surface area (Å²) in [5.41, 5.74) is 0.803. The number of carboxylic acids is 1. The van der Waals surface area contributed by atoms with E-state index in [1.807, 2.05) is 0 Å². The van der Waals surface area contributed by atoms with Crippen molar-refractivity contribution in [2.45, 2.75) is 12.3 Å². The lowest BCUT2D eigenvalue weighted by Gasteiger charge is -2.16. The first-order valence-electron chi connectivity index (χ1n) is 6.75. The molecular weight excluding hydrogens is 287 g/mol. The maximum absolute atomic E-state index is 13.9. The van der Waals surface area contributed by atoms with Crippen LogP contribution in [0.1, 0.15) is 17.0 Å². The Morgan fingerprint density at radius 3 is 2.50 bits per heavy atom. The van der Waals surface area contributed by atoms with E-state index >= 15 is 0 Å². The predicted octanol–water partition coefficient (Wildman–Crippen LogP) is 3.25. The maximum atomic E-state index is 13.9. The third-order valence-electron chi connectivity index (χ3n) is 3.49. The lowest BCUT2D eigenvalue weighted by Crippen LogP contribution is -2.16. The molecule has 0 heterocycles. The van der Waals surface area contributed by atoms with E-state index in [-0.39, 0.29) is 12.0 Å². The van der Waals surface area contributed by atoms with Gasteiger partial charge in [-0.2, -0.15) is 0 Å². The first kappa shape index (κ1) is 15.8. The number of carbonyl (C=O) groups is 1. The first-order valence-corrected chi connectivity index (χ1v) is 6.75. The molecule has 0 saturated heterocycles. The van der Waals surface area contributed by atoms with Gasteiger partial charge in [0.1, 0.15) is 17.3 Å². The Bertz CT molecular complexity index is 669. The van der Waals surface area contributed by atoms with Crippen LogP contribution in [-0.2, 0) is 11.2 Å². The van der Waals surface area contributed by atoms with Gasteiger partial charge in [-0.3, -0.25) is 4.79 Å². The van der Waals surface area contributed by atoms with Crippen molar-refractivity contribution in [2.75, 3.05) is 14.2 Å². The lowest BCUT2D eigenvalue weighted by atomic mass is 9.91. The Hall–Kier alpha value is -2.56. The minimum Gasteiger partial charge on any atom is -0.497 e. The van der Waals surface area contributed by atoms with Gasteiger partial charge in [0.25, 0.3) is 0 Å². The summed E-state index contributed by atoms with van der Waals surface area (Å²) in [6.07, 6.45) is 0.108. The van der Waals surface area contributed by atoms with Crippen LogP contribution in [0.4, 0.5) is 4.39 Å². The second-order valence-electron chi connectivity index (χ2n) is 4.79. The second kappa shape index (κ2) is 6.93. The highest BCUT2D eigenvalue weighted by Crippen LogP contribution is 2.30. The van der Waals surface area contributed by atoms with Crippen LogP contribution in [0.25, 0.3) is 0 Å². The van der Waals surface area contributed by atoms with E-state index in [4.69, 9.17) is 9.47 Å². The van der Waals surface area contributed by atoms with Gasteiger partial charge < -0.3 is 14.6 Å². The molecule has 0 spiro atoms. The molecule has 0 fully saturated rings. The molecule has 0 radical (unpaired) electrons. The highest BCUT2D eigenvalue weighted by atomic mass is 19.1. The van der Waals surface area contributed by atoms with Crippen LogP contribution >= 0.6 is 0 Å². The van der Waals surface area contributed by atoms with Crippen LogP contribution in [0.3, 0.4) is 0 Å². The molecule has 0 bridgehead atoms. The van der Waals surface area contributed by atoms with Crippen molar-refractivity contribution in [3.63, 3.8) is 0 Å². The minimum atomic E-state index is -1.09. The van der Waals surface area contributed by atoms with Gasteiger partial charge in [0, 0.05) is 5.56 Å². The van der Waals surface area contributed by atoms with Crippen molar-refractivity contribution in [1.82, 2.24) is 0 Å². The van der Waals surface area contributed by atoms with E-state index in [1.54, 1.807) is 24.3 Å². The van der Waals surface area contributed by atoms with Crippen molar-refractivity contribution in [3.05, 3.63) is 59.4 Å². The van der Waals surface area contributed by atoms with Gasteiger partial charge in [-0.1, -0.05) is 18.2 Å². The van der Waals surface area contributed by atoms with Gasteiger partial charge >= 0.3 is 5.97 Å². The average molecular weight is 304 g/mol. The Morgan fingerprint density at radius 1 is 1.18 bits per heavy atom. The fraction of sp³-hybridized carbons (Fsp3) is 0.235. The van der Waals surface area contributed by atoms with Crippen molar-refractivity contribution in [1.29, 1.82) is 0 Å². The standard InChI is InChI=1S/C17H17FO4/c1-21-12-7-8-16(22-2)11(9-12)10-14(17(19)20)13-5-3-4-6-15(13)18/h3-9,14H,10H2,1-2H3,(H,19,20). The Morgan fingerprint density at radius 2 is 1.91 bits per heavy atom. The zero-order valence-corrected chi connectivity index (χ0v) is 12.4. The van der Waals surface area contributed by atoms with Gasteiger partial charge in [0.05, 0.1) is 20.1 Å². The molecule has 1 N–H and O–H groups in total. The number of halogens is 1. The predicted molar refractivity (Wildman–Crippen MR) is 80.0 cm³/mol. The molecule has 4 nitrogen and oxygen atoms in total. The van der Waals surface area contributed by atoms with E-state index in [9.17, 15) is 14.3 Å². The zero-order valence-electron chi connectivity index (χ0n) is 12.4. The van der Waals surface area contributed by atoms with Crippen molar-refractivity contribution < 1.29 is 23.8 Å². The molecule has 1 unspecified atom stereocenters. The van der Waals surface area contributed by atoms with Crippen LogP contribution in [-0.4, -0.2) is 25.3 Å². The SMILES string of the molecule is COc1ccc(OC)c(CC(C(=O)O)c2ccccc2F)c1. The molecule has 2 rings (SSSR count). The van der Waals surface area contributed by atoms with Crippen LogP contribution in [0.2, 0.25) is 0 Å². The number of ether oxygens (including phenoxy) is 2. The van der Waals surface area contributed by atoms with Gasteiger partial charge in [-0.05, 0) is 36.2 Å². The highest BCUT2D eigenvalue weighted by Gasteiger charge is 2.25. The maximum Gasteiger partial charge on any atom is 0.311 e. The van der Waals surface area contributed by atoms with E-state index in [1.165, 1.54) is 32.4 Å². The molecule has 116 valence electrons. The second-order valence-corrected chi connectivity index (χ2v) is 4.79. The molecule has 0 aliphatic carbocycles. The summed E-state index contributed by atoms with van der Waals surface area (Å²) in [5, 5.41) is 9.46. The molecule has 22 heavy (non-hydrogen) atoms. The monoisotopic (exact) mass is 304 g/mol. The minimum absolute atomic E-state index is 0.108. The third-order valence-corrected chi connectivity index (χ3v) is 3.49. The number of hydrogen-bond donors (Lipinski definition) is 1. The third kappa shape index (κ3) is 3.36. The van der Waals surface area contributed by atoms with Gasteiger partial charge in [0.15, 0.2) is 0 Å². The van der Waals surface area contributed by atoms with Gasteiger partial charge in [0.2, 0.25) is 0 Å². The fourth-order valence-corrected chi connectivity index (χ4v) is 2.35. The summed E-state index contributed by atoms with van der Waals surface area (Å²) in [6.45, 7) is 0. The summed E-state index contributed by atoms with van der Waals surface area (Å²) < 4.78 is 24.3. The largest absolute Gasteiger partial charge is 0.497 e. The molecule has 2 aromatic carbocycles. The molecule has 0 aliphatic rings. The number of methoxy groups -OCH3 is 2. The van der Waals surface area contributed by atoms with Crippen LogP contribution in [0.5, 0.6) is 11.5 Å². The van der Waals surface area contributed by atoms with Crippen molar-refractivity contribution in [3.8, 4) is 11.5 Å². The van der Waals surface area contributed by atoms with Gasteiger partial charge in [-0.25, -0.2) is 4.39 Å². The Balaban J connectivity index is 2.41. The first-order chi connectivity index (χ1) is 10.6. The van der Waals surface area contributed by atoms with Crippen LogP contribution < -0.4 is 9.47 Å².